The number of nitrogens with one attached hydrogen (secondary N) is 1. The Morgan fingerprint density at radius 1 is 1.10 bits per heavy atom. The van der Waals surface area contributed by atoms with E-state index in [-0.39, 0.29) is 30.5 Å². The van der Waals surface area contributed by atoms with Gasteiger partial charge in [0.15, 0.2) is 0 Å². The van der Waals surface area contributed by atoms with E-state index >= 15 is 0 Å². The third-order valence-corrected chi connectivity index (χ3v) is 5.80. The molecule has 5 nitrogen and oxygen atoms in total. The molecule has 0 bridgehead atoms. The number of sulfonamides is 1. The first-order chi connectivity index (χ1) is 9.70. The highest BCUT2D eigenvalue weighted by atomic mass is 35.5. The van der Waals surface area contributed by atoms with E-state index in [1.54, 1.807) is 0 Å². The number of carbonyl (C=O) groups is 1. The average Bonchev–Trinajstić information content (AvgIpc) is 2.86. The van der Waals surface area contributed by atoms with Crippen LogP contribution in [-0.2, 0) is 10.0 Å². The average molecular weight is 387 g/mol. The Morgan fingerprint density at radius 2 is 1.71 bits per heavy atom. The number of hydrogen-bond donors (Lipinski definition) is 2. The van der Waals surface area contributed by atoms with E-state index in [9.17, 15) is 13.2 Å². The molecule has 10 heteroatoms. The number of carboxylic acids is 1. The topological polar surface area (TPSA) is 83.5 Å². The van der Waals surface area contributed by atoms with Crippen molar-refractivity contribution >= 4 is 67.8 Å². The molecule has 2 N–H and O–H groups in total. The summed E-state index contributed by atoms with van der Waals surface area (Å²) in [7, 11) is -3.97. The van der Waals surface area contributed by atoms with Crippen molar-refractivity contribution in [2.24, 2.45) is 0 Å². The predicted molar refractivity (Wildman–Crippen MR) is 83.6 cm³/mol. The Kier molecular flexibility index (Phi) is 4.69. The third kappa shape index (κ3) is 3.61. The lowest BCUT2D eigenvalue weighted by Crippen LogP contribution is -2.12. The molecule has 0 amide bonds. The summed E-state index contributed by atoms with van der Waals surface area (Å²) >= 11 is 18.3. The van der Waals surface area contributed by atoms with E-state index < -0.39 is 16.0 Å². The van der Waals surface area contributed by atoms with Crippen molar-refractivity contribution in [2.75, 3.05) is 4.72 Å². The van der Waals surface area contributed by atoms with Crippen LogP contribution in [0, 0.1) is 0 Å². The molecule has 0 radical (unpaired) electrons. The molecule has 1 aromatic heterocycles. The first-order valence-electron chi connectivity index (χ1n) is 5.20. The van der Waals surface area contributed by atoms with E-state index in [1.165, 1.54) is 17.5 Å². The molecule has 2 aromatic rings. The summed E-state index contributed by atoms with van der Waals surface area (Å²) in [5.74, 6) is -1.20. The van der Waals surface area contributed by atoms with Crippen LogP contribution in [0.1, 0.15) is 9.67 Å². The fourth-order valence-electron chi connectivity index (χ4n) is 1.38. The fraction of sp³-hybridized carbons (Fsp3) is 0. The van der Waals surface area contributed by atoms with Crippen LogP contribution in [0.5, 0.6) is 0 Å². The highest BCUT2D eigenvalue weighted by molar-refractivity contribution is 7.92. The highest BCUT2D eigenvalue weighted by Gasteiger charge is 2.20. The second-order valence-electron chi connectivity index (χ2n) is 3.80. The molecule has 0 spiro atoms. The zero-order valence-corrected chi connectivity index (χ0v) is 13.8. The van der Waals surface area contributed by atoms with Gasteiger partial charge in [0, 0.05) is 5.38 Å². The Morgan fingerprint density at radius 3 is 2.29 bits per heavy atom. The molecule has 2 rings (SSSR count). The number of thiophene rings is 1. The van der Waals surface area contributed by atoms with Crippen molar-refractivity contribution in [3.63, 3.8) is 0 Å². The minimum Gasteiger partial charge on any atom is -0.477 e. The zero-order chi connectivity index (χ0) is 15.8. The number of anilines is 1. The van der Waals surface area contributed by atoms with Gasteiger partial charge in [-0.15, -0.1) is 11.3 Å². The van der Waals surface area contributed by atoms with Crippen LogP contribution in [0.15, 0.2) is 28.5 Å². The van der Waals surface area contributed by atoms with E-state index in [4.69, 9.17) is 39.9 Å². The summed E-state index contributed by atoms with van der Waals surface area (Å²) in [6.45, 7) is 0. The normalized spacial score (nSPS) is 11.4. The molecule has 112 valence electrons. The summed E-state index contributed by atoms with van der Waals surface area (Å²) in [5.41, 5.74) is 0.0501. The van der Waals surface area contributed by atoms with E-state index in [2.05, 4.69) is 4.72 Å². The van der Waals surface area contributed by atoms with E-state index in [1.807, 2.05) is 0 Å². The van der Waals surface area contributed by atoms with Gasteiger partial charge in [-0.25, -0.2) is 13.2 Å². The van der Waals surface area contributed by atoms with Crippen molar-refractivity contribution in [3.05, 3.63) is 43.5 Å². The molecule has 0 aliphatic heterocycles. The zero-order valence-electron chi connectivity index (χ0n) is 9.93. The van der Waals surface area contributed by atoms with Crippen molar-refractivity contribution < 1.29 is 18.3 Å². The van der Waals surface area contributed by atoms with Crippen LogP contribution in [0.3, 0.4) is 0 Å². The summed E-state index contributed by atoms with van der Waals surface area (Å²) in [6, 6.07) is 3.63. The molecule has 1 heterocycles. The second kappa shape index (κ2) is 6.02. The maximum atomic E-state index is 12.2. The molecule has 0 aliphatic rings. The first kappa shape index (κ1) is 16.4. The Balaban J connectivity index is 2.37. The lowest BCUT2D eigenvalue weighted by atomic mass is 10.3. The van der Waals surface area contributed by atoms with Gasteiger partial charge in [-0.05, 0) is 18.2 Å². The van der Waals surface area contributed by atoms with E-state index in [0.29, 0.717) is 0 Å². The summed E-state index contributed by atoms with van der Waals surface area (Å²) in [5, 5.41) is 10.4. The molecule has 1 aromatic carbocycles. The maximum Gasteiger partial charge on any atom is 0.345 e. The molecule has 21 heavy (non-hydrogen) atoms. The van der Waals surface area contributed by atoms with Crippen molar-refractivity contribution in [1.82, 2.24) is 0 Å². The largest absolute Gasteiger partial charge is 0.477 e. The summed E-state index contributed by atoms with van der Waals surface area (Å²) < 4.78 is 26.5. The Labute approximate surface area is 139 Å². The molecule has 0 atom stereocenters. The molecular formula is C11H6Cl3NO4S2. The maximum absolute atomic E-state index is 12.2. The van der Waals surface area contributed by atoms with Crippen LogP contribution in [0.2, 0.25) is 15.1 Å². The minimum absolute atomic E-state index is 0.0501. The van der Waals surface area contributed by atoms with Gasteiger partial charge in [0.2, 0.25) is 0 Å². The van der Waals surface area contributed by atoms with Gasteiger partial charge in [-0.3, -0.25) is 4.72 Å². The van der Waals surface area contributed by atoms with Crippen molar-refractivity contribution in [1.29, 1.82) is 0 Å². The SMILES string of the molecule is O=C(O)c1cc(S(=O)(=O)Nc2cc(Cl)c(Cl)cc2Cl)cs1. The summed E-state index contributed by atoms with van der Waals surface area (Å²) in [4.78, 5) is 10.5. The smallest absolute Gasteiger partial charge is 0.345 e. The standard InChI is InChI=1S/C11H6Cl3NO4S2/c12-6-2-8(14)9(3-7(6)13)15-21(18,19)5-1-10(11(16)17)20-4-5/h1-4,15H,(H,16,17). The van der Waals surface area contributed by atoms with Crippen LogP contribution in [-0.4, -0.2) is 19.5 Å². The van der Waals surface area contributed by atoms with Gasteiger partial charge in [-0.1, -0.05) is 34.8 Å². The number of hydrogen-bond acceptors (Lipinski definition) is 4. The molecule has 0 fully saturated rings. The van der Waals surface area contributed by atoms with Crippen LogP contribution >= 0.6 is 46.1 Å². The van der Waals surface area contributed by atoms with Crippen LogP contribution in [0.4, 0.5) is 5.69 Å². The first-order valence-corrected chi connectivity index (χ1v) is 8.69. The molecule has 0 aliphatic carbocycles. The Hall–Kier alpha value is -0.990. The predicted octanol–water partition coefficient (Wildman–Crippen LogP) is 4.21. The third-order valence-electron chi connectivity index (χ3n) is 2.35. The molecular weight excluding hydrogens is 381 g/mol. The number of aromatic carboxylic acids is 1. The fourth-order valence-corrected chi connectivity index (χ4v) is 4.21. The quantitative estimate of drug-likeness (QED) is 0.771. The van der Waals surface area contributed by atoms with Crippen LogP contribution in [0.25, 0.3) is 0 Å². The number of rotatable bonds is 4. The van der Waals surface area contributed by atoms with Gasteiger partial charge in [-0.2, -0.15) is 0 Å². The van der Waals surface area contributed by atoms with Gasteiger partial charge >= 0.3 is 5.97 Å². The van der Waals surface area contributed by atoms with Crippen molar-refractivity contribution in [2.45, 2.75) is 4.90 Å². The number of carboxylic acid groups (broad SMARTS) is 1. The van der Waals surface area contributed by atoms with E-state index in [0.717, 1.165) is 17.4 Å². The number of benzene rings is 1. The highest BCUT2D eigenvalue weighted by Crippen LogP contribution is 2.33. The summed E-state index contributed by atoms with van der Waals surface area (Å²) in [6.07, 6.45) is 0. The molecule has 0 saturated carbocycles. The van der Waals surface area contributed by atoms with Gasteiger partial charge in [0.1, 0.15) is 4.88 Å². The second-order valence-corrected chi connectivity index (χ2v) is 7.62. The molecule has 0 saturated heterocycles. The molecule has 0 unspecified atom stereocenters. The van der Waals surface area contributed by atoms with Gasteiger partial charge in [0.05, 0.1) is 25.7 Å². The van der Waals surface area contributed by atoms with Crippen LogP contribution < -0.4 is 4.72 Å². The van der Waals surface area contributed by atoms with Gasteiger partial charge in [0.25, 0.3) is 10.0 Å². The lowest BCUT2D eigenvalue weighted by Gasteiger charge is -2.09. The van der Waals surface area contributed by atoms with Gasteiger partial charge < -0.3 is 5.11 Å². The monoisotopic (exact) mass is 385 g/mol. The number of halogens is 3. The Bertz CT molecular complexity index is 817. The van der Waals surface area contributed by atoms with Crippen molar-refractivity contribution in [3.8, 4) is 0 Å². The lowest BCUT2D eigenvalue weighted by molar-refractivity contribution is 0.0702. The minimum atomic E-state index is -3.97.